The van der Waals surface area contributed by atoms with Gasteiger partial charge >= 0.3 is 6.18 Å². The maximum absolute atomic E-state index is 12.3. The SMILES string of the molecule is O=CNCc1cc(C(F)(F)F)ccc1Cl. The Morgan fingerprint density at radius 3 is 2.60 bits per heavy atom. The van der Waals surface area contributed by atoms with Crippen LogP contribution in [0.2, 0.25) is 5.02 Å². The van der Waals surface area contributed by atoms with Gasteiger partial charge in [0, 0.05) is 11.6 Å². The second-order valence-corrected chi connectivity index (χ2v) is 3.21. The van der Waals surface area contributed by atoms with Gasteiger partial charge in [-0.1, -0.05) is 11.6 Å². The van der Waals surface area contributed by atoms with E-state index in [0.29, 0.717) is 6.41 Å². The topological polar surface area (TPSA) is 29.1 Å². The number of amides is 1. The minimum absolute atomic E-state index is 0.0216. The van der Waals surface area contributed by atoms with Crippen molar-refractivity contribution in [1.82, 2.24) is 5.32 Å². The molecule has 0 aromatic heterocycles. The highest BCUT2D eigenvalue weighted by Crippen LogP contribution is 2.31. The third kappa shape index (κ3) is 3.13. The summed E-state index contributed by atoms with van der Waals surface area (Å²) in [6, 6.07) is 2.97. The summed E-state index contributed by atoms with van der Waals surface area (Å²) in [5, 5.41) is 2.44. The Bertz CT molecular complexity index is 365. The largest absolute Gasteiger partial charge is 0.416 e. The predicted molar refractivity (Wildman–Crippen MR) is 49.4 cm³/mol. The third-order valence-electron chi connectivity index (χ3n) is 1.75. The molecule has 0 fully saturated rings. The van der Waals surface area contributed by atoms with Crippen molar-refractivity contribution in [2.45, 2.75) is 12.7 Å². The highest BCUT2D eigenvalue weighted by Gasteiger charge is 2.30. The Kier molecular flexibility index (Phi) is 3.57. The van der Waals surface area contributed by atoms with Crippen molar-refractivity contribution in [1.29, 1.82) is 0 Å². The Balaban J connectivity index is 3.00. The van der Waals surface area contributed by atoms with Crippen LogP contribution in [0, 0.1) is 0 Å². The second-order valence-electron chi connectivity index (χ2n) is 2.80. The van der Waals surface area contributed by atoms with Crippen LogP contribution >= 0.6 is 11.6 Å². The summed E-state index contributed by atoms with van der Waals surface area (Å²) >= 11 is 5.66. The molecule has 0 aliphatic carbocycles. The molecule has 2 nitrogen and oxygen atoms in total. The van der Waals surface area contributed by atoms with Gasteiger partial charge in [0.05, 0.1) is 5.56 Å². The second kappa shape index (κ2) is 4.53. The maximum Gasteiger partial charge on any atom is 0.416 e. The minimum atomic E-state index is -4.40. The molecule has 1 aromatic carbocycles. The van der Waals surface area contributed by atoms with Crippen LogP contribution < -0.4 is 5.32 Å². The van der Waals surface area contributed by atoms with E-state index in [2.05, 4.69) is 5.32 Å². The fourth-order valence-corrected chi connectivity index (χ4v) is 1.22. The lowest BCUT2D eigenvalue weighted by molar-refractivity contribution is -0.137. The molecule has 0 heterocycles. The lowest BCUT2D eigenvalue weighted by atomic mass is 10.1. The summed E-state index contributed by atoms with van der Waals surface area (Å²) in [6.07, 6.45) is -4.00. The zero-order chi connectivity index (χ0) is 11.5. The number of benzene rings is 1. The van der Waals surface area contributed by atoms with E-state index in [4.69, 9.17) is 11.6 Å². The van der Waals surface area contributed by atoms with Crippen molar-refractivity contribution in [3.63, 3.8) is 0 Å². The van der Waals surface area contributed by atoms with Crippen LogP contribution in [0.5, 0.6) is 0 Å². The number of rotatable bonds is 3. The molecule has 1 N–H and O–H groups in total. The fraction of sp³-hybridized carbons (Fsp3) is 0.222. The number of nitrogens with one attached hydrogen (secondary N) is 1. The van der Waals surface area contributed by atoms with Crippen LogP contribution in [-0.4, -0.2) is 6.41 Å². The highest BCUT2D eigenvalue weighted by molar-refractivity contribution is 6.31. The van der Waals surface area contributed by atoms with Crippen LogP contribution in [0.3, 0.4) is 0 Å². The van der Waals surface area contributed by atoms with Gasteiger partial charge in [0.1, 0.15) is 0 Å². The molecular formula is C9H7ClF3NO. The van der Waals surface area contributed by atoms with Crippen LogP contribution in [0.25, 0.3) is 0 Å². The van der Waals surface area contributed by atoms with Crippen LogP contribution in [0.1, 0.15) is 11.1 Å². The summed E-state index contributed by atoms with van der Waals surface area (Å²) in [5.74, 6) is 0. The van der Waals surface area contributed by atoms with Gasteiger partial charge in [0.15, 0.2) is 0 Å². The van der Waals surface area contributed by atoms with Gasteiger partial charge in [-0.2, -0.15) is 13.2 Å². The van der Waals surface area contributed by atoms with Gasteiger partial charge in [0.25, 0.3) is 0 Å². The Morgan fingerprint density at radius 2 is 2.07 bits per heavy atom. The fourth-order valence-electron chi connectivity index (χ4n) is 1.04. The molecule has 0 radical (unpaired) electrons. The summed E-state index contributed by atoms with van der Waals surface area (Å²) in [6.45, 7) is -0.0216. The van der Waals surface area contributed by atoms with E-state index in [9.17, 15) is 18.0 Å². The maximum atomic E-state index is 12.3. The van der Waals surface area contributed by atoms with Gasteiger partial charge in [-0.3, -0.25) is 4.79 Å². The molecule has 6 heteroatoms. The molecular weight excluding hydrogens is 231 g/mol. The van der Waals surface area contributed by atoms with E-state index >= 15 is 0 Å². The molecule has 1 aromatic rings. The van der Waals surface area contributed by atoms with Crippen molar-refractivity contribution >= 4 is 18.0 Å². The molecule has 82 valence electrons. The molecule has 0 aliphatic rings. The first kappa shape index (κ1) is 11.8. The van der Waals surface area contributed by atoms with Crippen molar-refractivity contribution in [2.75, 3.05) is 0 Å². The average Bonchev–Trinajstić information content (AvgIpc) is 2.15. The van der Waals surface area contributed by atoms with Gasteiger partial charge in [0.2, 0.25) is 6.41 Å². The monoisotopic (exact) mass is 237 g/mol. The zero-order valence-corrected chi connectivity index (χ0v) is 8.19. The molecule has 0 unspecified atom stereocenters. The summed E-state index contributed by atoms with van der Waals surface area (Å²) in [7, 11) is 0. The number of alkyl halides is 3. The summed E-state index contributed by atoms with van der Waals surface area (Å²) < 4.78 is 36.9. The number of halogens is 4. The van der Waals surface area contributed by atoms with Gasteiger partial charge in [-0.15, -0.1) is 0 Å². The standard InChI is InChI=1S/C9H7ClF3NO/c10-8-2-1-7(9(11,12)13)3-6(8)4-14-5-15/h1-3,5H,4H2,(H,14,15). The van der Waals surface area contributed by atoms with E-state index in [1.54, 1.807) is 0 Å². The van der Waals surface area contributed by atoms with E-state index in [0.717, 1.165) is 18.2 Å². The molecule has 1 amide bonds. The van der Waals surface area contributed by atoms with E-state index < -0.39 is 11.7 Å². The minimum Gasteiger partial charge on any atom is -0.355 e. The predicted octanol–water partition coefficient (Wildman–Crippen LogP) is 2.60. The molecule has 0 aliphatic heterocycles. The van der Waals surface area contributed by atoms with Crippen molar-refractivity contribution < 1.29 is 18.0 Å². The first-order valence-corrected chi connectivity index (χ1v) is 4.35. The van der Waals surface area contributed by atoms with Crippen LogP contribution in [-0.2, 0) is 17.5 Å². The third-order valence-corrected chi connectivity index (χ3v) is 2.12. The van der Waals surface area contributed by atoms with Crippen molar-refractivity contribution in [3.05, 3.63) is 34.3 Å². The Morgan fingerprint density at radius 1 is 1.40 bits per heavy atom. The normalized spacial score (nSPS) is 11.2. The molecule has 0 atom stereocenters. The number of hydrogen-bond acceptors (Lipinski definition) is 1. The Labute approximate surface area is 89.0 Å². The van der Waals surface area contributed by atoms with E-state index in [1.165, 1.54) is 0 Å². The molecule has 1 rings (SSSR count). The van der Waals surface area contributed by atoms with Crippen LogP contribution in [0.15, 0.2) is 18.2 Å². The van der Waals surface area contributed by atoms with Gasteiger partial charge in [-0.05, 0) is 23.8 Å². The first-order valence-electron chi connectivity index (χ1n) is 3.98. The quantitative estimate of drug-likeness (QED) is 0.805. The van der Waals surface area contributed by atoms with Crippen molar-refractivity contribution in [3.8, 4) is 0 Å². The van der Waals surface area contributed by atoms with Gasteiger partial charge in [-0.25, -0.2) is 0 Å². The van der Waals surface area contributed by atoms with E-state index in [-0.39, 0.29) is 17.1 Å². The lowest BCUT2D eigenvalue weighted by Gasteiger charge is -2.09. The average molecular weight is 238 g/mol. The first-order chi connectivity index (χ1) is 6.95. The summed E-state index contributed by atoms with van der Waals surface area (Å²) in [4.78, 5) is 9.99. The number of carbonyl (C=O) groups is 1. The van der Waals surface area contributed by atoms with Gasteiger partial charge < -0.3 is 5.32 Å². The van der Waals surface area contributed by atoms with E-state index in [1.807, 2.05) is 0 Å². The molecule has 0 bridgehead atoms. The van der Waals surface area contributed by atoms with Crippen molar-refractivity contribution in [2.24, 2.45) is 0 Å². The number of carbonyl (C=O) groups excluding carboxylic acids is 1. The zero-order valence-electron chi connectivity index (χ0n) is 7.44. The Hall–Kier alpha value is -1.23. The molecule has 0 spiro atoms. The highest BCUT2D eigenvalue weighted by atomic mass is 35.5. The van der Waals surface area contributed by atoms with Crippen LogP contribution in [0.4, 0.5) is 13.2 Å². The number of hydrogen-bond donors (Lipinski definition) is 1. The molecule has 0 saturated carbocycles. The summed E-state index contributed by atoms with van der Waals surface area (Å²) in [5.41, 5.74) is -0.548. The smallest absolute Gasteiger partial charge is 0.355 e. The molecule has 15 heavy (non-hydrogen) atoms. The molecule has 0 saturated heterocycles. The lowest BCUT2D eigenvalue weighted by Crippen LogP contribution is -2.12.